The molecule has 0 amide bonds. The fourth-order valence-corrected chi connectivity index (χ4v) is 3.25. The zero-order valence-electron chi connectivity index (χ0n) is 10.8. The molecule has 2 aromatic heterocycles. The van der Waals surface area contributed by atoms with E-state index in [-0.39, 0.29) is 0 Å². The van der Waals surface area contributed by atoms with Gasteiger partial charge in [0.2, 0.25) is 0 Å². The molecule has 0 radical (unpaired) electrons. The van der Waals surface area contributed by atoms with Gasteiger partial charge in [0.25, 0.3) is 0 Å². The highest BCUT2D eigenvalue weighted by atomic mass is 15.2. The van der Waals surface area contributed by atoms with Gasteiger partial charge in [0, 0.05) is 25.0 Å². The zero-order valence-corrected chi connectivity index (χ0v) is 10.8. The molecule has 19 heavy (non-hydrogen) atoms. The van der Waals surface area contributed by atoms with E-state index < -0.39 is 0 Å². The number of rotatable bonds is 2. The fourth-order valence-electron chi connectivity index (χ4n) is 3.25. The Labute approximate surface area is 112 Å². The molecule has 3 saturated heterocycles. The Morgan fingerprint density at radius 2 is 1.95 bits per heavy atom. The number of fused-ring (bicyclic) bond motifs is 4. The second kappa shape index (κ2) is 4.42. The highest BCUT2D eigenvalue weighted by Crippen LogP contribution is 2.29. The Balaban J connectivity index is 1.58. The summed E-state index contributed by atoms with van der Waals surface area (Å²) in [6.45, 7) is 3.67. The molecule has 1 unspecified atom stereocenters. The van der Waals surface area contributed by atoms with Crippen LogP contribution in [0.3, 0.4) is 0 Å². The summed E-state index contributed by atoms with van der Waals surface area (Å²) >= 11 is 0. The number of piperidine rings is 3. The van der Waals surface area contributed by atoms with E-state index in [0.717, 1.165) is 23.8 Å². The Morgan fingerprint density at radius 3 is 2.74 bits per heavy atom. The van der Waals surface area contributed by atoms with Crippen LogP contribution in [0.5, 0.6) is 0 Å². The Bertz CT molecular complexity index is 591. The van der Waals surface area contributed by atoms with Gasteiger partial charge in [-0.25, -0.2) is 9.97 Å². The number of pyridine rings is 1. The lowest BCUT2D eigenvalue weighted by molar-refractivity contribution is 0.0974. The maximum Gasteiger partial charge on any atom is 0.180 e. The molecular formula is C14H17N5. The van der Waals surface area contributed by atoms with Crippen molar-refractivity contribution in [2.24, 2.45) is 5.92 Å². The maximum atomic E-state index is 4.55. The molecule has 0 saturated carbocycles. The summed E-state index contributed by atoms with van der Waals surface area (Å²) in [5.41, 5.74) is 1.57. The van der Waals surface area contributed by atoms with Gasteiger partial charge < -0.3 is 10.2 Å². The number of nitrogens with one attached hydrogen (secondary N) is 1. The number of nitrogens with zero attached hydrogens (tertiary/aromatic N) is 4. The first-order valence-electron chi connectivity index (χ1n) is 6.95. The van der Waals surface area contributed by atoms with Crippen LogP contribution in [0.1, 0.15) is 12.8 Å². The van der Waals surface area contributed by atoms with E-state index in [2.05, 4.69) is 25.2 Å². The highest BCUT2D eigenvalue weighted by molar-refractivity contribution is 5.71. The largest absolute Gasteiger partial charge is 0.366 e. The normalized spacial score (nSPS) is 29.6. The van der Waals surface area contributed by atoms with E-state index in [1.165, 1.54) is 25.9 Å². The van der Waals surface area contributed by atoms with Crippen LogP contribution in [0, 0.1) is 5.92 Å². The summed E-state index contributed by atoms with van der Waals surface area (Å²) in [7, 11) is 0. The maximum absolute atomic E-state index is 4.55. The van der Waals surface area contributed by atoms with E-state index >= 15 is 0 Å². The predicted molar refractivity (Wildman–Crippen MR) is 73.9 cm³/mol. The minimum Gasteiger partial charge on any atom is -0.366 e. The first-order chi connectivity index (χ1) is 9.38. The predicted octanol–water partition coefficient (Wildman–Crippen LogP) is 1.53. The number of hydrogen-bond acceptors (Lipinski definition) is 5. The molecule has 98 valence electrons. The van der Waals surface area contributed by atoms with Gasteiger partial charge in [-0.2, -0.15) is 0 Å². The number of aromatic nitrogens is 3. The van der Waals surface area contributed by atoms with Crippen LogP contribution in [-0.2, 0) is 0 Å². The van der Waals surface area contributed by atoms with Crippen molar-refractivity contribution in [3.63, 3.8) is 0 Å². The molecule has 2 aromatic rings. The molecule has 3 aliphatic rings. The van der Waals surface area contributed by atoms with Crippen molar-refractivity contribution in [2.45, 2.75) is 18.9 Å². The Hall–Kier alpha value is -1.75. The van der Waals surface area contributed by atoms with E-state index in [4.69, 9.17) is 0 Å². The van der Waals surface area contributed by atoms with Crippen molar-refractivity contribution in [3.8, 4) is 0 Å². The van der Waals surface area contributed by atoms with Crippen molar-refractivity contribution in [2.75, 3.05) is 25.0 Å². The molecule has 1 atom stereocenters. The molecule has 3 fully saturated rings. The fraction of sp³-hybridized carbons (Fsp3) is 0.500. The first kappa shape index (κ1) is 11.1. The summed E-state index contributed by atoms with van der Waals surface area (Å²) in [5.74, 6) is 1.72. The van der Waals surface area contributed by atoms with Gasteiger partial charge in [0.1, 0.15) is 11.3 Å². The number of anilines is 1. The summed E-state index contributed by atoms with van der Waals surface area (Å²) < 4.78 is 0. The van der Waals surface area contributed by atoms with Gasteiger partial charge in [-0.05, 0) is 44.0 Å². The third kappa shape index (κ3) is 2.04. The van der Waals surface area contributed by atoms with E-state index in [1.54, 1.807) is 12.4 Å². The van der Waals surface area contributed by atoms with Crippen molar-refractivity contribution in [1.82, 2.24) is 19.9 Å². The summed E-state index contributed by atoms with van der Waals surface area (Å²) in [4.78, 5) is 15.6. The average Bonchev–Trinajstić information content (AvgIpc) is 2.48. The molecule has 3 aliphatic heterocycles. The molecule has 1 N–H and O–H groups in total. The van der Waals surface area contributed by atoms with Gasteiger partial charge >= 0.3 is 0 Å². The average molecular weight is 255 g/mol. The lowest BCUT2D eigenvalue weighted by Gasteiger charge is -2.45. The van der Waals surface area contributed by atoms with E-state index in [0.29, 0.717) is 11.7 Å². The summed E-state index contributed by atoms with van der Waals surface area (Å²) in [6, 6.07) is 4.53. The molecule has 0 aromatic carbocycles. The lowest BCUT2D eigenvalue weighted by atomic mass is 9.84. The molecule has 0 spiro atoms. The summed E-state index contributed by atoms with van der Waals surface area (Å²) in [5, 5.41) is 3.58. The topological polar surface area (TPSA) is 53.9 Å². The van der Waals surface area contributed by atoms with Gasteiger partial charge in [-0.15, -0.1) is 0 Å². The minimum atomic E-state index is 0.532. The smallest absolute Gasteiger partial charge is 0.180 e. The van der Waals surface area contributed by atoms with Gasteiger partial charge in [0.15, 0.2) is 5.65 Å². The van der Waals surface area contributed by atoms with Crippen molar-refractivity contribution < 1.29 is 0 Å². The molecule has 0 aliphatic carbocycles. The molecule has 5 heteroatoms. The standard InChI is InChI=1S/C14H17N5/c1-2-13(18-14-11(1)15-5-6-16-14)17-12-9-19-7-3-10(12)4-8-19/h1-2,5-6,10,12H,3-4,7-9H2,(H,16,17,18). The monoisotopic (exact) mass is 255 g/mol. The van der Waals surface area contributed by atoms with Crippen LogP contribution in [0.15, 0.2) is 24.5 Å². The van der Waals surface area contributed by atoms with Gasteiger partial charge in [-0.1, -0.05) is 0 Å². The van der Waals surface area contributed by atoms with E-state index in [9.17, 15) is 0 Å². The van der Waals surface area contributed by atoms with Crippen LogP contribution < -0.4 is 5.32 Å². The van der Waals surface area contributed by atoms with Gasteiger partial charge in [0.05, 0.1) is 0 Å². The minimum absolute atomic E-state index is 0.532. The lowest BCUT2D eigenvalue weighted by Crippen LogP contribution is -2.53. The second-order valence-electron chi connectivity index (χ2n) is 5.48. The van der Waals surface area contributed by atoms with Crippen LogP contribution in [-0.4, -0.2) is 45.5 Å². The summed E-state index contributed by atoms with van der Waals surface area (Å²) in [6.07, 6.45) is 6.01. The second-order valence-corrected chi connectivity index (χ2v) is 5.48. The molecule has 2 bridgehead atoms. The number of hydrogen-bond donors (Lipinski definition) is 1. The van der Waals surface area contributed by atoms with Gasteiger partial charge in [-0.3, -0.25) is 4.98 Å². The molecule has 5 nitrogen and oxygen atoms in total. The third-order valence-electron chi connectivity index (χ3n) is 4.32. The third-order valence-corrected chi connectivity index (χ3v) is 4.32. The molecular weight excluding hydrogens is 238 g/mol. The van der Waals surface area contributed by atoms with Crippen molar-refractivity contribution >= 4 is 17.0 Å². The van der Waals surface area contributed by atoms with Crippen LogP contribution in [0.4, 0.5) is 5.82 Å². The van der Waals surface area contributed by atoms with Crippen LogP contribution >= 0.6 is 0 Å². The highest BCUT2D eigenvalue weighted by Gasteiger charge is 2.34. The molecule has 5 heterocycles. The van der Waals surface area contributed by atoms with Crippen molar-refractivity contribution in [3.05, 3.63) is 24.5 Å². The Kier molecular flexibility index (Phi) is 2.58. The SMILES string of the molecule is c1cnc2nc(NC3CN4CCC3CC4)ccc2n1. The van der Waals surface area contributed by atoms with Crippen LogP contribution in [0.25, 0.3) is 11.2 Å². The van der Waals surface area contributed by atoms with Crippen LogP contribution in [0.2, 0.25) is 0 Å². The quantitative estimate of drug-likeness (QED) is 0.882. The van der Waals surface area contributed by atoms with Crippen molar-refractivity contribution in [1.29, 1.82) is 0 Å². The first-order valence-corrected chi connectivity index (χ1v) is 6.95. The zero-order chi connectivity index (χ0) is 12.7. The Morgan fingerprint density at radius 1 is 1.11 bits per heavy atom. The molecule has 5 rings (SSSR count). The van der Waals surface area contributed by atoms with E-state index in [1.807, 2.05) is 12.1 Å².